The molecule has 0 saturated carbocycles. The smallest absolute Gasteiger partial charge is 0.209 e. The van der Waals surface area contributed by atoms with E-state index in [1.165, 1.54) is 6.07 Å². The van der Waals surface area contributed by atoms with E-state index >= 15 is 0 Å². The summed E-state index contributed by atoms with van der Waals surface area (Å²) in [5.41, 5.74) is 1.27. The van der Waals surface area contributed by atoms with Crippen molar-refractivity contribution in [3.63, 3.8) is 0 Å². The van der Waals surface area contributed by atoms with Crippen molar-refractivity contribution in [1.29, 1.82) is 0 Å². The van der Waals surface area contributed by atoms with Gasteiger partial charge in [-0.05, 0) is 43.4 Å². The van der Waals surface area contributed by atoms with Crippen LogP contribution < -0.4 is 15.4 Å². The number of thioether (sulfide) groups is 1. The normalized spacial score (nSPS) is 12.5. The van der Waals surface area contributed by atoms with Gasteiger partial charge in [-0.3, -0.25) is 4.99 Å². The lowest BCUT2D eigenvalue weighted by Gasteiger charge is -2.26. The zero-order chi connectivity index (χ0) is 19.1. The molecule has 0 aliphatic carbocycles. The Kier molecular flexibility index (Phi) is 11.0. The number of sulfonamides is 1. The zero-order valence-electron chi connectivity index (χ0n) is 15.7. The summed E-state index contributed by atoms with van der Waals surface area (Å²) in [5.74, 6) is 1.03. The molecule has 0 amide bonds. The highest BCUT2D eigenvalue weighted by atomic mass is 127. The van der Waals surface area contributed by atoms with Gasteiger partial charge < -0.3 is 10.6 Å². The second kappa shape index (κ2) is 11.3. The van der Waals surface area contributed by atoms with Gasteiger partial charge in [-0.15, -0.1) is 24.0 Å². The van der Waals surface area contributed by atoms with E-state index in [9.17, 15) is 12.8 Å². The predicted molar refractivity (Wildman–Crippen MR) is 119 cm³/mol. The van der Waals surface area contributed by atoms with Crippen molar-refractivity contribution in [2.24, 2.45) is 4.99 Å². The predicted octanol–water partition coefficient (Wildman–Crippen LogP) is 2.30. The molecule has 0 aliphatic rings. The molecular weight excluding hydrogens is 490 g/mol. The highest BCUT2D eigenvalue weighted by molar-refractivity contribution is 14.0. The van der Waals surface area contributed by atoms with Crippen LogP contribution in [0.5, 0.6) is 0 Å². The van der Waals surface area contributed by atoms with Gasteiger partial charge in [0.1, 0.15) is 5.82 Å². The Morgan fingerprint density at radius 1 is 1.27 bits per heavy atom. The molecule has 0 aromatic heterocycles. The van der Waals surface area contributed by atoms with Crippen molar-refractivity contribution in [3.05, 3.63) is 35.1 Å². The maximum Gasteiger partial charge on any atom is 0.209 e. The van der Waals surface area contributed by atoms with Gasteiger partial charge in [-0.25, -0.2) is 17.5 Å². The summed E-state index contributed by atoms with van der Waals surface area (Å²) in [7, 11) is -1.66. The molecule has 0 bridgehead atoms. The van der Waals surface area contributed by atoms with Crippen molar-refractivity contribution < 1.29 is 12.8 Å². The van der Waals surface area contributed by atoms with Crippen molar-refractivity contribution in [1.82, 2.24) is 15.4 Å². The first kappa shape index (κ1) is 25.4. The van der Waals surface area contributed by atoms with E-state index < -0.39 is 15.6 Å². The summed E-state index contributed by atoms with van der Waals surface area (Å²) in [6.45, 7) is 4.42. The molecule has 0 spiro atoms. The number of hydrogen-bond donors (Lipinski definition) is 3. The Hall–Kier alpha value is -0.590. The molecule has 6 nitrogen and oxygen atoms in total. The number of nitrogens with one attached hydrogen (secondary N) is 3. The maximum absolute atomic E-state index is 13.4. The number of halogens is 2. The fourth-order valence-corrected chi connectivity index (χ4v) is 3.95. The van der Waals surface area contributed by atoms with Gasteiger partial charge in [0, 0.05) is 31.4 Å². The first-order chi connectivity index (χ1) is 11.6. The monoisotopic (exact) mass is 518 g/mol. The van der Waals surface area contributed by atoms with Crippen LogP contribution in [0.3, 0.4) is 0 Å². The standard InChI is InChI=1S/C16H27FN4O2S2.HI/c1-16(2,21-25(5,22)23)11-20-15(18-3)19-9-12-6-7-14(17)8-13(12)10-24-4;/h6-8,21H,9-11H2,1-5H3,(H2,18,19,20);1H. The Balaban J connectivity index is 0.00000625. The molecule has 1 rings (SSSR count). The van der Waals surface area contributed by atoms with Gasteiger partial charge in [0.15, 0.2) is 5.96 Å². The molecule has 1 aromatic carbocycles. The number of nitrogens with zero attached hydrogens (tertiary/aromatic N) is 1. The lowest BCUT2D eigenvalue weighted by Crippen LogP contribution is -2.52. The summed E-state index contributed by atoms with van der Waals surface area (Å²) in [4.78, 5) is 4.13. The van der Waals surface area contributed by atoms with Crippen molar-refractivity contribution in [3.8, 4) is 0 Å². The van der Waals surface area contributed by atoms with Crippen LogP contribution in [0.4, 0.5) is 4.39 Å². The van der Waals surface area contributed by atoms with E-state index in [0.717, 1.165) is 23.1 Å². The topological polar surface area (TPSA) is 82.6 Å². The Morgan fingerprint density at radius 3 is 2.46 bits per heavy atom. The molecule has 0 unspecified atom stereocenters. The molecule has 1 aromatic rings. The number of guanidine groups is 1. The fraction of sp³-hybridized carbons (Fsp3) is 0.562. The molecule has 0 saturated heterocycles. The lowest BCUT2D eigenvalue weighted by atomic mass is 10.1. The van der Waals surface area contributed by atoms with Crippen molar-refractivity contribution in [2.45, 2.75) is 31.7 Å². The number of aliphatic imine (C=N–C) groups is 1. The van der Waals surface area contributed by atoms with Gasteiger partial charge in [0.25, 0.3) is 0 Å². The average Bonchev–Trinajstić information content (AvgIpc) is 2.47. The summed E-state index contributed by atoms with van der Waals surface area (Å²) in [5, 5.41) is 6.27. The summed E-state index contributed by atoms with van der Waals surface area (Å²) in [6, 6.07) is 4.75. The highest BCUT2D eigenvalue weighted by Crippen LogP contribution is 2.16. The van der Waals surface area contributed by atoms with Gasteiger partial charge >= 0.3 is 0 Å². The first-order valence-electron chi connectivity index (χ1n) is 7.76. The van der Waals surface area contributed by atoms with E-state index in [4.69, 9.17) is 0 Å². The summed E-state index contributed by atoms with van der Waals surface area (Å²) in [6.07, 6.45) is 3.10. The molecule has 0 radical (unpaired) electrons. The van der Waals surface area contributed by atoms with E-state index in [1.54, 1.807) is 44.8 Å². The molecule has 26 heavy (non-hydrogen) atoms. The largest absolute Gasteiger partial charge is 0.355 e. The highest BCUT2D eigenvalue weighted by Gasteiger charge is 2.22. The maximum atomic E-state index is 13.4. The molecule has 0 heterocycles. The third-order valence-corrected chi connectivity index (χ3v) is 4.82. The fourth-order valence-electron chi connectivity index (χ4n) is 2.30. The van der Waals surface area contributed by atoms with Gasteiger partial charge in [-0.2, -0.15) is 11.8 Å². The van der Waals surface area contributed by atoms with Gasteiger partial charge in [0.2, 0.25) is 10.0 Å². The number of benzene rings is 1. The molecular formula is C16H28FIN4O2S2. The Bertz CT molecular complexity index is 712. The van der Waals surface area contributed by atoms with Gasteiger partial charge in [-0.1, -0.05) is 6.07 Å². The lowest BCUT2D eigenvalue weighted by molar-refractivity contribution is 0.446. The van der Waals surface area contributed by atoms with Crippen LogP contribution in [0, 0.1) is 5.82 Å². The second-order valence-corrected chi connectivity index (χ2v) is 9.00. The van der Waals surface area contributed by atoms with Gasteiger partial charge in [0.05, 0.1) is 6.26 Å². The zero-order valence-corrected chi connectivity index (χ0v) is 19.7. The number of hydrogen-bond acceptors (Lipinski definition) is 4. The minimum atomic E-state index is -3.30. The number of rotatable bonds is 8. The minimum absolute atomic E-state index is 0. The van der Waals surface area contributed by atoms with Crippen LogP contribution in [0.2, 0.25) is 0 Å². The molecule has 10 heteroatoms. The Morgan fingerprint density at radius 2 is 1.92 bits per heavy atom. The molecule has 0 aliphatic heterocycles. The second-order valence-electron chi connectivity index (χ2n) is 6.38. The SMILES string of the molecule is CN=C(NCc1ccc(F)cc1CSC)NCC(C)(C)NS(C)(=O)=O.I. The van der Waals surface area contributed by atoms with E-state index in [2.05, 4.69) is 20.3 Å². The summed E-state index contributed by atoms with van der Waals surface area (Å²) >= 11 is 1.63. The van der Waals surface area contributed by atoms with Crippen LogP contribution in [-0.2, 0) is 22.3 Å². The van der Waals surface area contributed by atoms with E-state index in [1.807, 2.05) is 6.26 Å². The van der Waals surface area contributed by atoms with E-state index in [0.29, 0.717) is 19.0 Å². The molecule has 150 valence electrons. The molecule has 3 N–H and O–H groups in total. The van der Waals surface area contributed by atoms with E-state index in [-0.39, 0.29) is 29.8 Å². The van der Waals surface area contributed by atoms with Crippen molar-refractivity contribution in [2.75, 3.05) is 26.1 Å². The van der Waals surface area contributed by atoms with Crippen LogP contribution in [0.1, 0.15) is 25.0 Å². The van der Waals surface area contributed by atoms with Crippen LogP contribution in [0.25, 0.3) is 0 Å². The van der Waals surface area contributed by atoms with Crippen LogP contribution in [0.15, 0.2) is 23.2 Å². The quantitative estimate of drug-likeness (QED) is 0.280. The molecule has 0 atom stereocenters. The third kappa shape index (κ3) is 9.93. The third-order valence-electron chi connectivity index (χ3n) is 3.30. The van der Waals surface area contributed by atoms with Crippen LogP contribution >= 0.6 is 35.7 Å². The Labute approximate surface area is 177 Å². The minimum Gasteiger partial charge on any atom is -0.355 e. The average molecular weight is 518 g/mol. The van der Waals surface area contributed by atoms with Crippen LogP contribution in [-0.4, -0.2) is 46.0 Å². The first-order valence-corrected chi connectivity index (χ1v) is 11.0. The summed E-state index contributed by atoms with van der Waals surface area (Å²) < 4.78 is 38.7. The molecule has 0 fully saturated rings. The van der Waals surface area contributed by atoms with Crippen molar-refractivity contribution >= 4 is 51.7 Å².